The molecule has 174 valence electrons. The molecule has 4 N–H and O–H groups in total. The van der Waals surface area contributed by atoms with Crippen LogP contribution in [0.4, 0.5) is 5.82 Å². The van der Waals surface area contributed by atoms with E-state index in [1.165, 1.54) is 11.1 Å². The van der Waals surface area contributed by atoms with Gasteiger partial charge in [-0.05, 0) is 35.9 Å². The molecule has 4 aromatic rings. The number of ether oxygens (including phenoxy) is 1. The summed E-state index contributed by atoms with van der Waals surface area (Å²) in [6.45, 7) is 0.829. The molecule has 0 saturated heterocycles. The predicted molar refractivity (Wildman–Crippen MR) is 129 cm³/mol. The van der Waals surface area contributed by atoms with Gasteiger partial charge in [-0.15, -0.1) is 0 Å². The van der Waals surface area contributed by atoms with E-state index in [1.54, 1.807) is 51.8 Å². The van der Waals surface area contributed by atoms with E-state index in [2.05, 4.69) is 25.3 Å². The fraction of sp³-hybridized carbons (Fsp3) is 0.208. The fourth-order valence-corrected chi connectivity index (χ4v) is 3.53. The molecule has 0 atom stereocenters. The number of nitrogens with two attached hydrogens (primary N) is 1. The van der Waals surface area contributed by atoms with Crippen molar-refractivity contribution in [3.05, 3.63) is 60.2 Å². The lowest BCUT2D eigenvalue weighted by Crippen LogP contribution is -2.27. The van der Waals surface area contributed by atoms with Crippen LogP contribution in [0.1, 0.15) is 20.8 Å². The molecule has 0 aliphatic heterocycles. The molecule has 10 heteroatoms. The number of nitrogens with zero attached hydrogens (tertiary/aromatic N) is 4. The molecule has 2 amide bonds. The van der Waals surface area contributed by atoms with Gasteiger partial charge < -0.3 is 25.7 Å². The number of carbonyl (C=O) groups is 2. The lowest BCUT2D eigenvalue weighted by Gasteiger charge is -2.11. The number of nitrogen functional groups attached to an aromatic ring is 1. The highest BCUT2D eigenvalue weighted by Crippen LogP contribution is 2.32. The van der Waals surface area contributed by atoms with Gasteiger partial charge in [0, 0.05) is 62.9 Å². The van der Waals surface area contributed by atoms with Crippen LogP contribution >= 0.6 is 0 Å². The van der Waals surface area contributed by atoms with Crippen molar-refractivity contribution < 1.29 is 14.3 Å². The van der Waals surface area contributed by atoms with E-state index in [4.69, 9.17) is 10.5 Å². The minimum Gasteiger partial charge on any atom is -0.383 e. The summed E-state index contributed by atoms with van der Waals surface area (Å²) >= 11 is 0. The summed E-state index contributed by atoms with van der Waals surface area (Å²) in [4.78, 5) is 42.3. The smallest absolute Gasteiger partial charge is 0.267 e. The van der Waals surface area contributed by atoms with Gasteiger partial charge in [0.2, 0.25) is 0 Å². The van der Waals surface area contributed by atoms with Crippen LogP contribution in [0.25, 0.3) is 33.4 Å². The monoisotopic (exact) mass is 459 g/mol. The van der Waals surface area contributed by atoms with Crippen LogP contribution in [0.5, 0.6) is 0 Å². The van der Waals surface area contributed by atoms with Crippen molar-refractivity contribution in [2.45, 2.75) is 0 Å². The molecule has 0 aliphatic rings. The topological polar surface area (TPSA) is 139 Å². The Balaban J connectivity index is 1.69. The van der Waals surface area contributed by atoms with Crippen molar-refractivity contribution >= 4 is 28.7 Å². The first-order chi connectivity index (χ1) is 16.4. The highest BCUT2D eigenvalue weighted by Gasteiger charge is 2.16. The van der Waals surface area contributed by atoms with Gasteiger partial charge in [0.1, 0.15) is 17.2 Å². The normalized spacial score (nSPS) is 10.9. The molecule has 4 rings (SSSR count). The van der Waals surface area contributed by atoms with E-state index in [0.29, 0.717) is 47.1 Å². The maximum atomic E-state index is 12.4. The molecule has 4 aromatic heterocycles. The minimum absolute atomic E-state index is 0.132. The molecular weight excluding hydrogens is 434 g/mol. The van der Waals surface area contributed by atoms with Crippen LogP contribution in [-0.2, 0) is 4.74 Å². The molecule has 10 nitrogen and oxygen atoms in total. The van der Waals surface area contributed by atoms with E-state index >= 15 is 0 Å². The summed E-state index contributed by atoms with van der Waals surface area (Å²) in [6, 6.07) is 8.96. The number of carbonyl (C=O) groups excluding carboxylic acids is 2. The number of fused-ring (bicyclic) bond motifs is 1. The fourth-order valence-electron chi connectivity index (χ4n) is 3.53. The third-order valence-corrected chi connectivity index (χ3v) is 5.29. The molecule has 0 aromatic carbocycles. The highest BCUT2D eigenvalue weighted by atomic mass is 16.5. The zero-order chi connectivity index (χ0) is 24.2. The first kappa shape index (κ1) is 22.9. The Morgan fingerprint density at radius 1 is 1.09 bits per heavy atom. The number of aromatic nitrogens is 4. The summed E-state index contributed by atoms with van der Waals surface area (Å²) in [5.41, 5.74) is 10.5. The minimum atomic E-state index is -0.242. The van der Waals surface area contributed by atoms with Crippen LogP contribution in [0.3, 0.4) is 0 Å². The summed E-state index contributed by atoms with van der Waals surface area (Å²) < 4.78 is 4.97. The maximum Gasteiger partial charge on any atom is 0.267 e. The number of hydrogen-bond acceptors (Lipinski definition) is 7. The van der Waals surface area contributed by atoms with Crippen LogP contribution in [0.2, 0.25) is 0 Å². The molecule has 4 heterocycles. The van der Waals surface area contributed by atoms with Crippen molar-refractivity contribution in [1.29, 1.82) is 0 Å². The van der Waals surface area contributed by atoms with Gasteiger partial charge in [0.05, 0.1) is 17.9 Å². The molecular formula is C24H25N7O3. The van der Waals surface area contributed by atoms with Gasteiger partial charge in [-0.25, -0.2) is 9.97 Å². The Morgan fingerprint density at radius 2 is 1.91 bits per heavy atom. The van der Waals surface area contributed by atoms with E-state index in [1.807, 2.05) is 12.1 Å². The van der Waals surface area contributed by atoms with Crippen molar-refractivity contribution in [3.8, 4) is 22.4 Å². The van der Waals surface area contributed by atoms with Gasteiger partial charge in [-0.2, -0.15) is 0 Å². The standard InChI is InChI=1S/C24H25N7O3/c1-31(2)24(33)14-4-5-19(28-12-14)18-10-15(13-29-21(18)25)16-6-7-26-22-17(16)11-20(30-22)23(32)27-8-9-34-3/h4-7,10-13H,8-9H2,1-3H3,(H2,25,29)(H,26,30)(H,27,32). The largest absolute Gasteiger partial charge is 0.383 e. The summed E-state index contributed by atoms with van der Waals surface area (Å²) in [6.07, 6.45) is 4.86. The number of rotatable bonds is 7. The van der Waals surface area contributed by atoms with Crippen LogP contribution < -0.4 is 11.1 Å². The quantitative estimate of drug-likeness (QED) is 0.361. The summed E-state index contributed by atoms with van der Waals surface area (Å²) in [5, 5.41) is 3.57. The molecule has 0 radical (unpaired) electrons. The van der Waals surface area contributed by atoms with Gasteiger partial charge in [0.25, 0.3) is 11.8 Å². The van der Waals surface area contributed by atoms with Crippen molar-refractivity contribution in [2.75, 3.05) is 40.1 Å². The van der Waals surface area contributed by atoms with E-state index in [-0.39, 0.29) is 11.8 Å². The molecule has 0 aliphatic carbocycles. The number of nitrogens with one attached hydrogen (secondary N) is 2. The van der Waals surface area contributed by atoms with Gasteiger partial charge in [0.15, 0.2) is 0 Å². The molecule has 0 bridgehead atoms. The number of amides is 2. The predicted octanol–water partition coefficient (Wildman–Crippen LogP) is 2.35. The van der Waals surface area contributed by atoms with Gasteiger partial charge in [-0.3, -0.25) is 14.6 Å². The average molecular weight is 460 g/mol. The zero-order valence-corrected chi connectivity index (χ0v) is 19.1. The van der Waals surface area contributed by atoms with Crippen LogP contribution in [0, 0.1) is 0 Å². The van der Waals surface area contributed by atoms with E-state index in [0.717, 1.165) is 16.5 Å². The van der Waals surface area contributed by atoms with Crippen molar-refractivity contribution in [1.82, 2.24) is 30.2 Å². The number of hydrogen-bond donors (Lipinski definition) is 3. The first-order valence-electron chi connectivity index (χ1n) is 10.6. The Morgan fingerprint density at radius 3 is 2.62 bits per heavy atom. The number of aromatic amines is 1. The first-order valence-corrected chi connectivity index (χ1v) is 10.6. The molecule has 0 saturated carbocycles. The summed E-state index contributed by atoms with van der Waals surface area (Å²) in [7, 11) is 4.95. The van der Waals surface area contributed by atoms with Crippen molar-refractivity contribution in [2.24, 2.45) is 0 Å². The second-order valence-corrected chi connectivity index (χ2v) is 7.84. The molecule has 0 fully saturated rings. The Labute approximate surface area is 196 Å². The summed E-state index contributed by atoms with van der Waals surface area (Å²) in [5.74, 6) is -0.0539. The Kier molecular flexibility index (Phi) is 6.51. The van der Waals surface area contributed by atoms with Gasteiger partial charge in [-0.1, -0.05) is 0 Å². The molecule has 0 unspecified atom stereocenters. The third-order valence-electron chi connectivity index (χ3n) is 5.29. The highest BCUT2D eigenvalue weighted by molar-refractivity contribution is 6.02. The van der Waals surface area contributed by atoms with Gasteiger partial charge >= 0.3 is 0 Å². The lowest BCUT2D eigenvalue weighted by molar-refractivity contribution is 0.0826. The Hall–Kier alpha value is -4.31. The number of methoxy groups -OCH3 is 1. The van der Waals surface area contributed by atoms with Crippen molar-refractivity contribution in [3.63, 3.8) is 0 Å². The average Bonchev–Trinajstić information content (AvgIpc) is 3.29. The SMILES string of the molecule is COCCNC(=O)c1cc2c(-c3cnc(N)c(-c4ccc(C(=O)N(C)C)cn4)c3)ccnc2[nH]1. The number of pyridine rings is 3. The lowest BCUT2D eigenvalue weighted by atomic mass is 10.0. The maximum absolute atomic E-state index is 12.4. The van der Waals surface area contributed by atoms with Crippen LogP contribution in [0.15, 0.2) is 48.9 Å². The second-order valence-electron chi connectivity index (χ2n) is 7.84. The molecule has 34 heavy (non-hydrogen) atoms. The number of anilines is 1. The molecule has 0 spiro atoms. The van der Waals surface area contributed by atoms with E-state index in [9.17, 15) is 9.59 Å². The third kappa shape index (κ3) is 4.57. The number of H-pyrrole nitrogens is 1. The van der Waals surface area contributed by atoms with E-state index < -0.39 is 0 Å². The Bertz CT molecular complexity index is 1350. The van der Waals surface area contributed by atoms with Crippen LogP contribution in [-0.4, -0.2) is 71.0 Å². The zero-order valence-electron chi connectivity index (χ0n) is 19.1. The second kappa shape index (κ2) is 9.67.